The summed E-state index contributed by atoms with van der Waals surface area (Å²) in [5.74, 6) is 1.85. The van der Waals surface area contributed by atoms with Gasteiger partial charge >= 0.3 is 0 Å². The number of aliphatic hydroxyl groups excluding tert-OH is 3. The predicted octanol–water partition coefficient (Wildman–Crippen LogP) is 6.52. The van der Waals surface area contributed by atoms with Crippen LogP contribution in [0.2, 0.25) is 0 Å². The second-order valence-electron chi connectivity index (χ2n) is 15.4. The van der Waals surface area contributed by atoms with Crippen LogP contribution in [0.3, 0.4) is 0 Å². The fourth-order valence-electron chi connectivity index (χ4n) is 11.1. The van der Waals surface area contributed by atoms with Gasteiger partial charge in [-0.15, -0.1) is 6.58 Å². The molecule has 0 saturated heterocycles. The maximum atomic E-state index is 11.0. The monoisotopic (exact) mass is 484 g/mol. The molecule has 4 fully saturated rings. The van der Waals surface area contributed by atoms with Crippen molar-refractivity contribution in [3.05, 3.63) is 24.3 Å². The van der Waals surface area contributed by atoms with E-state index >= 15 is 0 Å². The number of hydrogen-bond acceptors (Lipinski definition) is 3. The zero-order valence-electron chi connectivity index (χ0n) is 23.5. The van der Waals surface area contributed by atoms with Crippen molar-refractivity contribution in [1.29, 1.82) is 0 Å². The van der Waals surface area contributed by atoms with Gasteiger partial charge in [-0.3, -0.25) is 0 Å². The van der Waals surface area contributed by atoms with Crippen molar-refractivity contribution in [3.63, 3.8) is 0 Å². The topological polar surface area (TPSA) is 60.7 Å². The van der Waals surface area contributed by atoms with Crippen LogP contribution in [0.5, 0.6) is 0 Å². The van der Waals surface area contributed by atoms with Crippen LogP contribution in [0, 0.1) is 56.2 Å². The number of hydrogen-bond donors (Lipinski definition) is 3. The SMILES string of the molecule is C=CC12CCC(C)(C)C(C)C1C1=CCC3C4(C)CC(O)C(O)C(C)(CO)C4CCC3(C)C1(C)CC2. The van der Waals surface area contributed by atoms with Gasteiger partial charge in [-0.05, 0) is 102 Å². The van der Waals surface area contributed by atoms with Gasteiger partial charge in [-0.2, -0.15) is 0 Å². The van der Waals surface area contributed by atoms with E-state index in [1.165, 1.54) is 25.7 Å². The Morgan fingerprint density at radius 3 is 2.26 bits per heavy atom. The van der Waals surface area contributed by atoms with Crippen molar-refractivity contribution < 1.29 is 15.3 Å². The lowest BCUT2D eigenvalue weighted by atomic mass is 9.32. The predicted molar refractivity (Wildman–Crippen MR) is 143 cm³/mol. The molecule has 5 aliphatic carbocycles. The second kappa shape index (κ2) is 7.70. The third-order valence-corrected chi connectivity index (χ3v) is 14.0. The van der Waals surface area contributed by atoms with Gasteiger partial charge < -0.3 is 15.3 Å². The molecule has 5 rings (SSSR count). The van der Waals surface area contributed by atoms with E-state index in [-0.39, 0.29) is 34.2 Å². The smallest absolute Gasteiger partial charge is 0.0877 e. The maximum Gasteiger partial charge on any atom is 0.0877 e. The minimum atomic E-state index is -0.853. The van der Waals surface area contributed by atoms with Gasteiger partial charge in [0.25, 0.3) is 0 Å². The average molecular weight is 485 g/mol. The van der Waals surface area contributed by atoms with E-state index in [9.17, 15) is 15.3 Å². The molecule has 0 aromatic heterocycles. The lowest BCUT2D eigenvalue weighted by Gasteiger charge is -2.72. The summed E-state index contributed by atoms with van der Waals surface area (Å²) in [7, 11) is 0. The van der Waals surface area contributed by atoms with Crippen molar-refractivity contribution in [2.45, 2.75) is 112 Å². The number of allylic oxidation sites excluding steroid dienone is 3. The Bertz CT molecular complexity index is 922. The van der Waals surface area contributed by atoms with Crippen LogP contribution in [-0.4, -0.2) is 34.1 Å². The lowest BCUT2D eigenvalue weighted by molar-refractivity contribution is -0.243. The first-order valence-corrected chi connectivity index (χ1v) is 14.5. The van der Waals surface area contributed by atoms with E-state index in [0.29, 0.717) is 29.6 Å². The first-order valence-electron chi connectivity index (χ1n) is 14.5. The Kier molecular flexibility index (Phi) is 5.72. The van der Waals surface area contributed by atoms with E-state index in [1.54, 1.807) is 5.57 Å². The average Bonchev–Trinajstić information content (AvgIpc) is 2.80. The van der Waals surface area contributed by atoms with Crippen LogP contribution in [0.15, 0.2) is 24.3 Å². The summed E-state index contributed by atoms with van der Waals surface area (Å²) >= 11 is 0. The highest BCUT2D eigenvalue weighted by Crippen LogP contribution is 2.76. The molecule has 11 unspecified atom stereocenters. The highest BCUT2D eigenvalue weighted by atomic mass is 16.3. The van der Waals surface area contributed by atoms with Crippen LogP contribution in [-0.2, 0) is 0 Å². The Hall–Kier alpha value is -0.640. The molecule has 0 amide bonds. The summed E-state index contributed by atoms with van der Waals surface area (Å²) in [5, 5.41) is 32.5. The van der Waals surface area contributed by atoms with Crippen LogP contribution in [0.25, 0.3) is 0 Å². The van der Waals surface area contributed by atoms with Crippen LogP contribution in [0.1, 0.15) is 99.8 Å². The third-order valence-electron chi connectivity index (χ3n) is 14.0. The van der Waals surface area contributed by atoms with Gasteiger partial charge in [0.05, 0.1) is 18.8 Å². The molecule has 0 spiro atoms. The molecule has 0 aliphatic heterocycles. The molecule has 0 aromatic carbocycles. The first kappa shape index (κ1) is 26.0. The molecule has 35 heavy (non-hydrogen) atoms. The van der Waals surface area contributed by atoms with Gasteiger partial charge in [-0.25, -0.2) is 0 Å². The maximum absolute atomic E-state index is 11.0. The van der Waals surface area contributed by atoms with Crippen molar-refractivity contribution in [2.24, 2.45) is 56.2 Å². The number of aliphatic hydroxyl groups is 3. The molecular weight excluding hydrogens is 432 g/mol. The molecule has 198 valence electrons. The first-order chi connectivity index (χ1) is 16.2. The normalized spacial score (nSPS) is 57.1. The summed E-state index contributed by atoms with van der Waals surface area (Å²) in [6, 6.07) is 0. The van der Waals surface area contributed by atoms with Gasteiger partial charge in [-0.1, -0.05) is 66.2 Å². The molecule has 3 nitrogen and oxygen atoms in total. The minimum Gasteiger partial charge on any atom is -0.396 e. The Morgan fingerprint density at radius 2 is 1.63 bits per heavy atom. The molecule has 3 heteroatoms. The highest BCUT2D eigenvalue weighted by Gasteiger charge is 2.70. The number of fused-ring (bicyclic) bond motifs is 7. The molecular formula is C32H52O3. The fraction of sp³-hybridized carbons (Fsp3) is 0.875. The van der Waals surface area contributed by atoms with Gasteiger partial charge in [0.15, 0.2) is 0 Å². The number of rotatable bonds is 2. The largest absolute Gasteiger partial charge is 0.396 e. The molecule has 0 bridgehead atoms. The van der Waals surface area contributed by atoms with Gasteiger partial charge in [0.2, 0.25) is 0 Å². The zero-order valence-corrected chi connectivity index (χ0v) is 23.5. The molecule has 5 aliphatic rings. The summed E-state index contributed by atoms with van der Waals surface area (Å²) in [4.78, 5) is 0. The molecule has 0 heterocycles. The van der Waals surface area contributed by atoms with E-state index < -0.39 is 17.6 Å². The summed E-state index contributed by atoms with van der Waals surface area (Å²) in [5.41, 5.74) is 1.82. The second-order valence-corrected chi connectivity index (χ2v) is 15.4. The summed E-state index contributed by atoms with van der Waals surface area (Å²) in [6.07, 6.45) is 12.2. The van der Waals surface area contributed by atoms with Crippen molar-refractivity contribution in [3.8, 4) is 0 Å². The minimum absolute atomic E-state index is 0.0657. The standard InChI is InChI=1S/C32H52O3/c1-9-32-16-14-27(3,4)20(2)25(32)21-10-11-24-28(5)18-22(34)26(35)29(6,19-33)23(28)12-13-31(24,8)30(21,7)15-17-32/h9-10,20,22-26,33-35H,1,11-19H2,2-8H3. The van der Waals surface area contributed by atoms with Gasteiger partial charge in [0, 0.05) is 5.41 Å². The Labute approximate surface area is 214 Å². The van der Waals surface area contributed by atoms with Crippen molar-refractivity contribution in [2.75, 3.05) is 6.61 Å². The molecule has 0 aromatic rings. The van der Waals surface area contributed by atoms with Gasteiger partial charge in [0.1, 0.15) is 0 Å². The summed E-state index contributed by atoms with van der Waals surface area (Å²) < 4.78 is 0. The van der Waals surface area contributed by atoms with E-state index in [1.807, 2.05) is 6.92 Å². The molecule has 0 radical (unpaired) electrons. The molecule has 4 saturated carbocycles. The Balaban J connectivity index is 1.62. The fourth-order valence-corrected chi connectivity index (χ4v) is 11.1. The van der Waals surface area contributed by atoms with E-state index in [2.05, 4.69) is 60.3 Å². The van der Waals surface area contributed by atoms with E-state index in [0.717, 1.165) is 19.3 Å². The van der Waals surface area contributed by atoms with Crippen LogP contribution >= 0.6 is 0 Å². The van der Waals surface area contributed by atoms with Crippen LogP contribution in [0.4, 0.5) is 0 Å². The van der Waals surface area contributed by atoms with Crippen molar-refractivity contribution in [1.82, 2.24) is 0 Å². The zero-order chi connectivity index (χ0) is 25.8. The summed E-state index contributed by atoms with van der Waals surface area (Å²) in [6.45, 7) is 21.3. The Morgan fingerprint density at radius 1 is 0.971 bits per heavy atom. The third kappa shape index (κ3) is 3.01. The lowest BCUT2D eigenvalue weighted by Crippen LogP contribution is -2.68. The molecule has 3 N–H and O–H groups in total. The quantitative estimate of drug-likeness (QED) is 0.391. The molecule has 11 atom stereocenters. The van der Waals surface area contributed by atoms with Crippen molar-refractivity contribution >= 4 is 0 Å². The van der Waals surface area contributed by atoms with Crippen LogP contribution < -0.4 is 0 Å². The highest BCUT2D eigenvalue weighted by molar-refractivity contribution is 5.36. The van der Waals surface area contributed by atoms with E-state index in [4.69, 9.17) is 0 Å².